The van der Waals surface area contributed by atoms with Crippen LogP contribution in [0.1, 0.15) is 36.1 Å². The molecule has 0 fully saturated rings. The third kappa shape index (κ3) is 5.35. The molecule has 0 heterocycles. The lowest BCUT2D eigenvalue weighted by molar-refractivity contribution is -0.116. The molecule has 0 aliphatic rings. The lowest BCUT2D eigenvalue weighted by Gasteiger charge is -2.19. The molecule has 2 aromatic carbocycles. The fraction of sp³-hybridized carbons (Fsp3) is 0.300. The van der Waals surface area contributed by atoms with Gasteiger partial charge in [0.1, 0.15) is 0 Å². The van der Waals surface area contributed by atoms with Gasteiger partial charge in [-0.25, -0.2) is 4.79 Å². The second-order valence-corrected chi connectivity index (χ2v) is 5.83. The Balaban J connectivity index is 2.11. The molecule has 0 saturated heterocycles. The molecule has 0 bridgehead atoms. The number of amides is 2. The highest BCUT2D eigenvalue weighted by atomic mass is 16.5. The predicted molar refractivity (Wildman–Crippen MR) is 98.5 cm³/mol. The van der Waals surface area contributed by atoms with Crippen LogP contribution in [0.15, 0.2) is 48.5 Å². The zero-order chi connectivity index (χ0) is 18.2. The molecule has 0 spiro atoms. The number of rotatable bonds is 6. The molecule has 5 nitrogen and oxygen atoms in total. The molecular formula is C20H24N2O3. The highest BCUT2D eigenvalue weighted by Gasteiger charge is 2.19. The molecule has 2 amide bonds. The van der Waals surface area contributed by atoms with Crippen LogP contribution in [-0.2, 0) is 9.53 Å². The molecule has 25 heavy (non-hydrogen) atoms. The summed E-state index contributed by atoms with van der Waals surface area (Å²) in [5.74, 6) is -0.167. The number of hydrogen-bond donors (Lipinski definition) is 2. The van der Waals surface area contributed by atoms with Crippen molar-refractivity contribution in [2.75, 3.05) is 11.9 Å². The summed E-state index contributed by atoms with van der Waals surface area (Å²) in [7, 11) is 0. The van der Waals surface area contributed by atoms with E-state index in [1.807, 2.05) is 62.4 Å². The molecule has 0 unspecified atom stereocenters. The van der Waals surface area contributed by atoms with E-state index in [1.165, 1.54) is 0 Å². The SMILES string of the molecule is CCOC(=O)N[C@@H](CC(=O)Nc1cccc(C)c1C)c1ccccc1. The van der Waals surface area contributed by atoms with Crippen molar-refractivity contribution in [1.29, 1.82) is 0 Å². The normalized spacial score (nSPS) is 11.5. The first-order valence-corrected chi connectivity index (χ1v) is 8.35. The molecule has 1 atom stereocenters. The van der Waals surface area contributed by atoms with Crippen molar-refractivity contribution in [3.8, 4) is 0 Å². The summed E-state index contributed by atoms with van der Waals surface area (Å²) in [5, 5.41) is 5.68. The van der Waals surface area contributed by atoms with Crippen LogP contribution in [0.3, 0.4) is 0 Å². The van der Waals surface area contributed by atoms with Gasteiger partial charge < -0.3 is 15.4 Å². The topological polar surface area (TPSA) is 67.4 Å². The molecule has 2 N–H and O–H groups in total. The number of hydrogen-bond acceptors (Lipinski definition) is 3. The van der Waals surface area contributed by atoms with Crippen molar-refractivity contribution in [3.63, 3.8) is 0 Å². The van der Waals surface area contributed by atoms with Gasteiger partial charge in [-0.2, -0.15) is 0 Å². The minimum absolute atomic E-state index is 0.121. The number of alkyl carbamates (subject to hydrolysis) is 1. The van der Waals surface area contributed by atoms with E-state index >= 15 is 0 Å². The van der Waals surface area contributed by atoms with Gasteiger partial charge in [-0.05, 0) is 43.5 Å². The average Bonchev–Trinajstić information content (AvgIpc) is 2.59. The Bertz CT molecular complexity index is 729. The van der Waals surface area contributed by atoms with Gasteiger partial charge in [-0.1, -0.05) is 42.5 Å². The zero-order valence-electron chi connectivity index (χ0n) is 14.8. The highest BCUT2D eigenvalue weighted by Crippen LogP contribution is 2.21. The molecular weight excluding hydrogens is 316 g/mol. The maximum absolute atomic E-state index is 12.5. The Labute approximate surface area is 148 Å². The van der Waals surface area contributed by atoms with E-state index < -0.39 is 12.1 Å². The summed E-state index contributed by atoms with van der Waals surface area (Å²) in [6, 6.07) is 14.7. The Morgan fingerprint density at radius 1 is 1.04 bits per heavy atom. The van der Waals surface area contributed by atoms with Gasteiger partial charge in [0.2, 0.25) is 5.91 Å². The second kappa shape index (κ2) is 8.87. The van der Waals surface area contributed by atoms with Gasteiger partial charge in [0.15, 0.2) is 0 Å². The van der Waals surface area contributed by atoms with E-state index in [9.17, 15) is 9.59 Å². The lowest BCUT2D eigenvalue weighted by atomic mass is 10.0. The number of benzene rings is 2. The summed E-state index contributed by atoms with van der Waals surface area (Å²) in [5.41, 5.74) is 3.78. The van der Waals surface area contributed by atoms with Gasteiger partial charge in [0.25, 0.3) is 0 Å². The summed E-state index contributed by atoms with van der Waals surface area (Å²) < 4.78 is 4.95. The van der Waals surface area contributed by atoms with Crippen molar-refractivity contribution < 1.29 is 14.3 Å². The number of nitrogens with one attached hydrogen (secondary N) is 2. The zero-order valence-corrected chi connectivity index (χ0v) is 14.8. The van der Waals surface area contributed by atoms with Crippen LogP contribution in [0, 0.1) is 13.8 Å². The fourth-order valence-corrected chi connectivity index (χ4v) is 2.53. The summed E-state index contributed by atoms with van der Waals surface area (Å²) in [4.78, 5) is 24.3. The van der Waals surface area contributed by atoms with E-state index in [0.717, 1.165) is 22.4 Å². The molecule has 0 aromatic heterocycles. The van der Waals surface area contributed by atoms with Gasteiger partial charge in [-0.15, -0.1) is 0 Å². The predicted octanol–water partition coefficient (Wildman–Crippen LogP) is 4.12. The third-order valence-corrected chi connectivity index (χ3v) is 4.04. The Morgan fingerprint density at radius 3 is 2.44 bits per heavy atom. The number of anilines is 1. The van der Waals surface area contributed by atoms with Gasteiger partial charge in [-0.3, -0.25) is 4.79 Å². The van der Waals surface area contributed by atoms with Crippen molar-refractivity contribution in [2.45, 2.75) is 33.2 Å². The maximum atomic E-state index is 12.5. The molecule has 0 aliphatic heterocycles. The monoisotopic (exact) mass is 340 g/mol. The molecule has 0 saturated carbocycles. The van der Waals surface area contributed by atoms with Gasteiger partial charge in [0, 0.05) is 5.69 Å². The molecule has 0 radical (unpaired) electrons. The summed E-state index contributed by atoms with van der Waals surface area (Å²) in [6.45, 7) is 5.99. The standard InChI is InChI=1S/C20H24N2O3/c1-4-25-20(24)22-18(16-10-6-5-7-11-16)13-19(23)21-17-12-8-9-14(2)15(17)3/h5-12,18H,4,13H2,1-3H3,(H,21,23)(H,22,24)/t18-/m0/s1. The maximum Gasteiger partial charge on any atom is 0.407 e. The first kappa shape index (κ1) is 18.5. The fourth-order valence-electron chi connectivity index (χ4n) is 2.53. The van der Waals surface area contributed by atoms with Gasteiger partial charge in [0.05, 0.1) is 19.1 Å². The molecule has 2 rings (SSSR count). The minimum atomic E-state index is -0.532. The van der Waals surface area contributed by atoms with E-state index in [1.54, 1.807) is 6.92 Å². The molecule has 132 valence electrons. The van der Waals surface area contributed by atoms with Crippen LogP contribution in [0.4, 0.5) is 10.5 Å². The van der Waals surface area contributed by atoms with Crippen LogP contribution in [0.2, 0.25) is 0 Å². The first-order valence-electron chi connectivity index (χ1n) is 8.35. The van der Waals surface area contributed by atoms with Crippen molar-refractivity contribution in [2.24, 2.45) is 0 Å². The lowest BCUT2D eigenvalue weighted by Crippen LogP contribution is -2.32. The second-order valence-electron chi connectivity index (χ2n) is 5.83. The minimum Gasteiger partial charge on any atom is -0.450 e. The van der Waals surface area contributed by atoms with Crippen LogP contribution < -0.4 is 10.6 Å². The number of ether oxygens (including phenoxy) is 1. The molecule has 2 aromatic rings. The summed E-state index contributed by atoms with van der Waals surface area (Å²) >= 11 is 0. The number of carbonyl (C=O) groups is 2. The van der Waals surface area contributed by atoms with Crippen molar-refractivity contribution >= 4 is 17.7 Å². The van der Waals surface area contributed by atoms with Crippen LogP contribution in [0.5, 0.6) is 0 Å². The number of aryl methyl sites for hydroxylation is 1. The van der Waals surface area contributed by atoms with E-state index in [4.69, 9.17) is 4.74 Å². The molecule has 0 aliphatic carbocycles. The highest BCUT2D eigenvalue weighted by molar-refractivity contribution is 5.92. The average molecular weight is 340 g/mol. The van der Waals surface area contributed by atoms with Crippen LogP contribution in [-0.4, -0.2) is 18.6 Å². The van der Waals surface area contributed by atoms with Gasteiger partial charge >= 0.3 is 6.09 Å². The third-order valence-electron chi connectivity index (χ3n) is 4.04. The smallest absolute Gasteiger partial charge is 0.407 e. The first-order chi connectivity index (χ1) is 12.0. The van der Waals surface area contributed by atoms with Crippen molar-refractivity contribution in [1.82, 2.24) is 5.32 Å². The van der Waals surface area contributed by atoms with E-state index in [0.29, 0.717) is 0 Å². The van der Waals surface area contributed by atoms with Crippen molar-refractivity contribution in [3.05, 3.63) is 65.2 Å². The quantitative estimate of drug-likeness (QED) is 0.831. The largest absolute Gasteiger partial charge is 0.450 e. The van der Waals surface area contributed by atoms with E-state index in [-0.39, 0.29) is 18.9 Å². The summed E-state index contributed by atoms with van der Waals surface area (Å²) in [6.07, 6.45) is -0.410. The molecule has 5 heteroatoms. The van der Waals surface area contributed by atoms with Crippen LogP contribution in [0.25, 0.3) is 0 Å². The van der Waals surface area contributed by atoms with E-state index in [2.05, 4.69) is 10.6 Å². The Morgan fingerprint density at radius 2 is 1.76 bits per heavy atom. The van der Waals surface area contributed by atoms with Crippen LogP contribution >= 0.6 is 0 Å². The number of carbonyl (C=O) groups excluding carboxylic acids is 2. The Kier molecular flexibility index (Phi) is 6.57. The Hall–Kier alpha value is -2.82.